The highest BCUT2D eigenvalue weighted by molar-refractivity contribution is 6.42. The minimum atomic E-state index is -0.832. The second-order valence-electron chi connectivity index (χ2n) is 7.72. The Labute approximate surface area is 171 Å². The molecule has 2 aliphatic heterocycles. The lowest BCUT2D eigenvalue weighted by molar-refractivity contribution is -0.130. The van der Waals surface area contributed by atoms with E-state index in [1.54, 1.807) is 25.1 Å². The van der Waals surface area contributed by atoms with Gasteiger partial charge in [0, 0.05) is 38.7 Å². The van der Waals surface area contributed by atoms with Gasteiger partial charge in [-0.3, -0.25) is 4.79 Å². The highest BCUT2D eigenvalue weighted by Crippen LogP contribution is 2.29. The van der Waals surface area contributed by atoms with E-state index in [-0.39, 0.29) is 12.5 Å². The lowest BCUT2D eigenvalue weighted by Gasteiger charge is -2.38. The smallest absolute Gasteiger partial charge is 0.219 e. The molecule has 1 N–H and O–H groups in total. The summed E-state index contributed by atoms with van der Waals surface area (Å²) in [4.78, 5) is 15.9. The molecule has 0 spiro atoms. The molecule has 3 rings (SSSR count). The molecule has 0 aliphatic carbocycles. The van der Waals surface area contributed by atoms with E-state index in [1.807, 2.05) is 4.90 Å². The minimum absolute atomic E-state index is 0.165. The number of carbonyl (C=O) groups excluding carboxylic acids is 1. The molecule has 0 aromatic heterocycles. The maximum atomic E-state index is 11.5. The van der Waals surface area contributed by atoms with Gasteiger partial charge >= 0.3 is 0 Å². The third-order valence-corrected chi connectivity index (χ3v) is 6.52. The molecule has 0 saturated carbocycles. The summed E-state index contributed by atoms with van der Waals surface area (Å²) in [5, 5.41) is 11.9. The van der Waals surface area contributed by atoms with Crippen molar-refractivity contribution in [2.75, 3.05) is 32.8 Å². The van der Waals surface area contributed by atoms with Gasteiger partial charge in [-0.05, 0) is 50.8 Å². The lowest BCUT2D eigenvalue weighted by atomic mass is 9.96. The van der Waals surface area contributed by atoms with Crippen molar-refractivity contribution in [2.45, 2.75) is 50.7 Å². The molecule has 1 amide bonds. The highest BCUT2D eigenvalue weighted by atomic mass is 35.5. The molecule has 2 aliphatic rings. The van der Waals surface area contributed by atoms with Gasteiger partial charge in [-0.1, -0.05) is 23.2 Å². The topological polar surface area (TPSA) is 53.0 Å². The van der Waals surface area contributed by atoms with Crippen molar-refractivity contribution < 1.29 is 14.6 Å². The molecule has 1 atom stereocenters. The van der Waals surface area contributed by atoms with Crippen LogP contribution in [0.5, 0.6) is 5.75 Å². The largest absolute Gasteiger partial charge is 0.491 e. The summed E-state index contributed by atoms with van der Waals surface area (Å²) in [5.41, 5.74) is -0.832. The number of likely N-dealkylation sites (tertiary alicyclic amines) is 2. The van der Waals surface area contributed by atoms with E-state index in [0.717, 1.165) is 51.9 Å². The molecule has 0 bridgehead atoms. The number of hydrogen-bond acceptors (Lipinski definition) is 4. The van der Waals surface area contributed by atoms with Crippen LogP contribution in [0.15, 0.2) is 18.2 Å². The zero-order valence-corrected chi connectivity index (χ0v) is 17.3. The second kappa shape index (κ2) is 8.99. The lowest BCUT2D eigenvalue weighted by Crippen LogP contribution is -2.47. The highest BCUT2D eigenvalue weighted by Gasteiger charge is 2.34. The molecule has 0 radical (unpaired) electrons. The zero-order chi connectivity index (χ0) is 19.4. The Morgan fingerprint density at radius 3 is 2.59 bits per heavy atom. The molecule has 5 nitrogen and oxygen atoms in total. The van der Waals surface area contributed by atoms with Crippen LogP contribution in [0.4, 0.5) is 0 Å². The number of ether oxygens (including phenoxy) is 1. The van der Waals surface area contributed by atoms with Gasteiger partial charge < -0.3 is 19.6 Å². The molecule has 1 aromatic rings. The van der Waals surface area contributed by atoms with E-state index in [9.17, 15) is 9.90 Å². The Balaban J connectivity index is 1.51. The van der Waals surface area contributed by atoms with Crippen molar-refractivity contribution >= 4 is 29.1 Å². The van der Waals surface area contributed by atoms with E-state index in [2.05, 4.69) is 4.90 Å². The van der Waals surface area contributed by atoms with Gasteiger partial charge in [-0.25, -0.2) is 0 Å². The van der Waals surface area contributed by atoms with Crippen LogP contribution in [0.2, 0.25) is 10.0 Å². The SMILES string of the molecule is CC(=O)N1CCC(N2CCCC(O)(COc3ccc(Cl)c(Cl)c3)CC2)CC1. The van der Waals surface area contributed by atoms with Crippen LogP contribution in [-0.2, 0) is 4.79 Å². The quantitative estimate of drug-likeness (QED) is 0.817. The zero-order valence-electron chi connectivity index (χ0n) is 15.8. The van der Waals surface area contributed by atoms with Crippen molar-refractivity contribution in [2.24, 2.45) is 0 Å². The third kappa shape index (κ3) is 5.50. The van der Waals surface area contributed by atoms with Crippen LogP contribution < -0.4 is 4.74 Å². The summed E-state index contributed by atoms with van der Waals surface area (Å²) in [6.45, 7) is 5.40. The van der Waals surface area contributed by atoms with E-state index in [0.29, 0.717) is 28.3 Å². The molecule has 27 heavy (non-hydrogen) atoms. The van der Waals surface area contributed by atoms with Crippen molar-refractivity contribution in [3.8, 4) is 5.75 Å². The first-order valence-electron chi connectivity index (χ1n) is 9.66. The number of hydrogen-bond donors (Lipinski definition) is 1. The first-order chi connectivity index (χ1) is 12.9. The molecular formula is C20H28Cl2N2O3. The summed E-state index contributed by atoms with van der Waals surface area (Å²) >= 11 is 12.0. The van der Waals surface area contributed by atoms with Crippen molar-refractivity contribution in [3.63, 3.8) is 0 Å². The Kier molecular flexibility index (Phi) is 6.90. The Hall–Kier alpha value is -1.01. The molecule has 2 saturated heterocycles. The molecule has 2 heterocycles. The normalized spacial score (nSPS) is 25.3. The Morgan fingerprint density at radius 2 is 1.93 bits per heavy atom. The van der Waals surface area contributed by atoms with Gasteiger partial charge in [-0.2, -0.15) is 0 Å². The average molecular weight is 415 g/mol. The number of rotatable bonds is 4. The maximum absolute atomic E-state index is 11.5. The summed E-state index contributed by atoms with van der Waals surface area (Å²) in [5.74, 6) is 0.786. The van der Waals surface area contributed by atoms with Crippen LogP contribution in [0, 0.1) is 0 Å². The monoisotopic (exact) mass is 414 g/mol. The Bertz CT molecular complexity index is 665. The molecule has 1 unspecified atom stereocenters. The van der Waals surface area contributed by atoms with Gasteiger partial charge in [0.05, 0.1) is 15.6 Å². The molecular weight excluding hydrogens is 387 g/mol. The van der Waals surface area contributed by atoms with Crippen molar-refractivity contribution in [1.29, 1.82) is 0 Å². The summed E-state index contributed by atoms with van der Waals surface area (Å²) in [6, 6.07) is 5.65. The van der Waals surface area contributed by atoms with Crippen molar-refractivity contribution in [3.05, 3.63) is 28.2 Å². The third-order valence-electron chi connectivity index (χ3n) is 5.78. The Morgan fingerprint density at radius 1 is 1.19 bits per heavy atom. The van der Waals surface area contributed by atoms with Gasteiger partial charge in [-0.15, -0.1) is 0 Å². The number of carbonyl (C=O) groups is 1. The van der Waals surface area contributed by atoms with Crippen LogP contribution in [0.1, 0.15) is 39.0 Å². The molecule has 150 valence electrons. The summed E-state index contributed by atoms with van der Waals surface area (Å²) in [6.07, 6.45) is 4.36. The van der Waals surface area contributed by atoms with E-state index in [4.69, 9.17) is 27.9 Å². The van der Waals surface area contributed by atoms with Gasteiger partial charge in [0.25, 0.3) is 0 Å². The standard InChI is InChI=1S/C20H28Cl2N2O3/c1-15(25)23-10-5-16(6-11-23)24-9-2-7-20(26,8-12-24)14-27-17-3-4-18(21)19(22)13-17/h3-4,13,16,26H,2,5-12,14H2,1H3. The number of nitrogens with zero attached hydrogens (tertiary/aromatic N) is 2. The summed E-state index contributed by atoms with van der Waals surface area (Å²) in [7, 11) is 0. The second-order valence-corrected chi connectivity index (χ2v) is 8.53. The number of halogens is 2. The van der Waals surface area contributed by atoms with E-state index < -0.39 is 5.60 Å². The first-order valence-corrected chi connectivity index (χ1v) is 10.4. The van der Waals surface area contributed by atoms with Gasteiger partial charge in [0.2, 0.25) is 5.91 Å². The predicted molar refractivity (Wildman–Crippen MR) is 108 cm³/mol. The maximum Gasteiger partial charge on any atom is 0.219 e. The number of piperidine rings is 1. The fourth-order valence-electron chi connectivity index (χ4n) is 4.04. The molecule has 1 aromatic carbocycles. The van der Waals surface area contributed by atoms with Gasteiger partial charge in [0.1, 0.15) is 12.4 Å². The molecule has 2 fully saturated rings. The minimum Gasteiger partial charge on any atom is -0.491 e. The fraction of sp³-hybridized carbons (Fsp3) is 0.650. The van der Waals surface area contributed by atoms with Crippen molar-refractivity contribution in [1.82, 2.24) is 9.80 Å². The van der Waals surface area contributed by atoms with Crippen LogP contribution in [-0.4, -0.2) is 65.2 Å². The fourth-order valence-corrected chi connectivity index (χ4v) is 4.33. The van der Waals surface area contributed by atoms with E-state index >= 15 is 0 Å². The van der Waals surface area contributed by atoms with Crippen LogP contribution in [0.25, 0.3) is 0 Å². The van der Waals surface area contributed by atoms with E-state index in [1.165, 1.54) is 0 Å². The predicted octanol–water partition coefficient (Wildman–Crippen LogP) is 3.60. The number of amides is 1. The van der Waals surface area contributed by atoms with Crippen LogP contribution >= 0.6 is 23.2 Å². The van der Waals surface area contributed by atoms with Gasteiger partial charge in [0.15, 0.2) is 0 Å². The number of aliphatic hydroxyl groups is 1. The summed E-state index contributed by atoms with van der Waals surface area (Å²) < 4.78 is 5.81. The number of benzene rings is 1. The van der Waals surface area contributed by atoms with Crippen LogP contribution in [0.3, 0.4) is 0 Å². The first kappa shape index (κ1) is 20.7. The molecule has 7 heteroatoms. The average Bonchev–Trinajstić information content (AvgIpc) is 2.85.